The van der Waals surface area contributed by atoms with Crippen molar-refractivity contribution in [1.29, 1.82) is 0 Å². The molecule has 0 radical (unpaired) electrons. The molecule has 0 bridgehead atoms. The quantitative estimate of drug-likeness (QED) is 0.576. The van der Waals surface area contributed by atoms with Crippen LogP contribution in [-0.4, -0.2) is 35.1 Å². The van der Waals surface area contributed by atoms with Gasteiger partial charge in [-0.25, -0.2) is 0 Å². The third-order valence-electron chi connectivity index (χ3n) is 3.94. The molecule has 3 aromatic rings. The highest BCUT2D eigenvalue weighted by Gasteiger charge is 2.17. The van der Waals surface area contributed by atoms with E-state index in [4.69, 9.17) is 9.26 Å². The van der Waals surface area contributed by atoms with Crippen LogP contribution in [0.15, 0.2) is 57.9 Å². The van der Waals surface area contributed by atoms with Crippen molar-refractivity contribution in [3.05, 3.63) is 71.4 Å². The standard InChI is InChI=1S/C20H21N3O3S/c1-14-21-19(22-26-14)13-27-18-10-5-4-9-17(18)20(24)23(2)12-15-7-6-8-16(11-15)25-3/h4-11H,12-13H2,1-3H3. The van der Waals surface area contributed by atoms with Crippen LogP contribution in [0.5, 0.6) is 5.75 Å². The fourth-order valence-corrected chi connectivity index (χ4v) is 3.52. The molecule has 0 aliphatic rings. The molecule has 0 aliphatic carbocycles. The second-order valence-electron chi connectivity index (χ2n) is 6.03. The third kappa shape index (κ3) is 4.89. The molecule has 140 valence electrons. The zero-order valence-electron chi connectivity index (χ0n) is 15.5. The molecule has 6 nitrogen and oxygen atoms in total. The first kappa shape index (κ1) is 19.0. The molecular formula is C20H21N3O3S. The van der Waals surface area contributed by atoms with E-state index in [-0.39, 0.29) is 5.91 Å². The SMILES string of the molecule is COc1cccc(CN(C)C(=O)c2ccccc2SCc2noc(C)n2)c1. The van der Waals surface area contributed by atoms with Crippen LogP contribution in [0.4, 0.5) is 0 Å². The number of methoxy groups -OCH3 is 1. The lowest BCUT2D eigenvalue weighted by Crippen LogP contribution is -2.26. The monoisotopic (exact) mass is 383 g/mol. The molecule has 2 aromatic carbocycles. The van der Waals surface area contributed by atoms with Gasteiger partial charge < -0.3 is 14.2 Å². The maximum Gasteiger partial charge on any atom is 0.255 e. The number of carbonyl (C=O) groups excluding carboxylic acids is 1. The van der Waals surface area contributed by atoms with Crippen molar-refractivity contribution < 1.29 is 14.1 Å². The first-order valence-corrected chi connectivity index (χ1v) is 9.45. The van der Waals surface area contributed by atoms with Crippen LogP contribution in [0.25, 0.3) is 0 Å². The highest BCUT2D eigenvalue weighted by Crippen LogP contribution is 2.27. The Balaban J connectivity index is 1.71. The number of nitrogens with zero attached hydrogens (tertiary/aromatic N) is 3. The first-order chi connectivity index (χ1) is 13.1. The van der Waals surface area contributed by atoms with Crippen LogP contribution in [0.2, 0.25) is 0 Å². The number of carbonyl (C=O) groups is 1. The van der Waals surface area contributed by atoms with Gasteiger partial charge >= 0.3 is 0 Å². The van der Waals surface area contributed by atoms with E-state index in [0.29, 0.717) is 29.6 Å². The molecule has 1 amide bonds. The second kappa shape index (κ2) is 8.73. The van der Waals surface area contributed by atoms with Gasteiger partial charge in [0, 0.05) is 25.4 Å². The van der Waals surface area contributed by atoms with E-state index in [1.54, 1.807) is 26.0 Å². The Morgan fingerprint density at radius 1 is 1.22 bits per heavy atom. The van der Waals surface area contributed by atoms with Crippen LogP contribution >= 0.6 is 11.8 Å². The van der Waals surface area contributed by atoms with E-state index in [1.165, 1.54) is 11.8 Å². The van der Waals surface area contributed by atoms with E-state index in [0.717, 1.165) is 16.2 Å². The van der Waals surface area contributed by atoms with Crippen molar-refractivity contribution in [2.24, 2.45) is 0 Å². The Morgan fingerprint density at radius 3 is 2.78 bits per heavy atom. The maximum atomic E-state index is 13.0. The van der Waals surface area contributed by atoms with Gasteiger partial charge in [0.25, 0.3) is 5.91 Å². The van der Waals surface area contributed by atoms with Crippen molar-refractivity contribution in [3.8, 4) is 5.75 Å². The minimum Gasteiger partial charge on any atom is -0.497 e. The normalized spacial score (nSPS) is 10.6. The largest absolute Gasteiger partial charge is 0.497 e. The third-order valence-corrected chi connectivity index (χ3v) is 5.01. The predicted molar refractivity (Wildman–Crippen MR) is 104 cm³/mol. The molecular weight excluding hydrogens is 362 g/mol. The van der Waals surface area contributed by atoms with Crippen LogP contribution < -0.4 is 4.74 Å². The van der Waals surface area contributed by atoms with Crippen molar-refractivity contribution >= 4 is 17.7 Å². The molecule has 3 rings (SSSR count). The van der Waals surface area contributed by atoms with Gasteiger partial charge in [0.15, 0.2) is 5.82 Å². The minimum atomic E-state index is -0.0368. The minimum absolute atomic E-state index is 0.0368. The fraction of sp³-hybridized carbons (Fsp3) is 0.250. The molecule has 0 unspecified atom stereocenters. The number of rotatable bonds is 7. The highest BCUT2D eigenvalue weighted by molar-refractivity contribution is 7.98. The molecule has 7 heteroatoms. The lowest BCUT2D eigenvalue weighted by atomic mass is 10.1. The van der Waals surface area contributed by atoms with Gasteiger partial charge in [-0.05, 0) is 29.8 Å². The van der Waals surface area contributed by atoms with Crippen LogP contribution in [0.3, 0.4) is 0 Å². The molecule has 27 heavy (non-hydrogen) atoms. The second-order valence-corrected chi connectivity index (χ2v) is 7.04. The van der Waals surface area contributed by atoms with E-state index in [2.05, 4.69) is 10.1 Å². The summed E-state index contributed by atoms with van der Waals surface area (Å²) in [5, 5.41) is 3.90. The first-order valence-electron chi connectivity index (χ1n) is 8.46. The van der Waals surface area contributed by atoms with Crippen LogP contribution in [-0.2, 0) is 12.3 Å². The Hall–Kier alpha value is -2.80. The fourth-order valence-electron chi connectivity index (χ4n) is 2.63. The predicted octanol–water partition coefficient (Wildman–Crippen LogP) is 3.95. The summed E-state index contributed by atoms with van der Waals surface area (Å²) in [6.45, 7) is 2.26. The van der Waals surface area contributed by atoms with Crippen molar-refractivity contribution in [2.75, 3.05) is 14.2 Å². The van der Waals surface area contributed by atoms with Crippen LogP contribution in [0.1, 0.15) is 27.6 Å². The smallest absolute Gasteiger partial charge is 0.255 e. The summed E-state index contributed by atoms with van der Waals surface area (Å²) in [5.74, 6) is 2.43. The number of aryl methyl sites for hydroxylation is 1. The van der Waals surface area contributed by atoms with Gasteiger partial charge in [-0.3, -0.25) is 4.79 Å². The molecule has 0 atom stereocenters. The van der Waals surface area contributed by atoms with Gasteiger partial charge in [0.1, 0.15) is 5.75 Å². The summed E-state index contributed by atoms with van der Waals surface area (Å²) in [6.07, 6.45) is 0. The summed E-state index contributed by atoms with van der Waals surface area (Å²) < 4.78 is 10.2. The lowest BCUT2D eigenvalue weighted by Gasteiger charge is -2.19. The molecule has 0 aliphatic heterocycles. The lowest BCUT2D eigenvalue weighted by molar-refractivity contribution is 0.0781. The molecule has 1 aromatic heterocycles. The molecule has 0 spiro atoms. The Labute approximate surface area is 162 Å². The average Bonchev–Trinajstić information content (AvgIpc) is 3.11. The summed E-state index contributed by atoms with van der Waals surface area (Å²) in [4.78, 5) is 19.8. The van der Waals surface area contributed by atoms with Gasteiger partial charge in [-0.1, -0.05) is 29.4 Å². The number of ether oxygens (including phenoxy) is 1. The van der Waals surface area contributed by atoms with Crippen molar-refractivity contribution in [3.63, 3.8) is 0 Å². The highest BCUT2D eigenvalue weighted by atomic mass is 32.2. The summed E-state index contributed by atoms with van der Waals surface area (Å²) in [7, 11) is 3.43. The number of benzene rings is 2. The number of hydrogen-bond acceptors (Lipinski definition) is 6. The Kier molecular flexibility index (Phi) is 6.13. The van der Waals surface area contributed by atoms with E-state index < -0.39 is 0 Å². The molecule has 0 fully saturated rings. The summed E-state index contributed by atoms with van der Waals surface area (Å²) in [6, 6.07) is 15.3. The van der Waals surface area contributed by atoms with Gasteiger partial charge in [0.2, 0.25) is 5.89 Å². The number of aromatic nitrogens is 2. The van der Waals surface area contributed by atoms with E-state index in [1.807, 2.05) is 48.5 Å². The topological polar surface area (TPSA) is 68.5 Å². The van der Waals surface area contributed by atoms with Crippen molar-refractivity contribution in [1.82, 2.24) is 15.0 Å². The molecule has 0 saturated carbocycles. The van der Waals surface area contributed by atoms with Crippen molar-refractivity contribution in [2.45, 2.75) is 24.1 Å². The number of amides is 1. The number of thioether (sulfide) groups is 1. The molecule has 0 N–H and O–H groups in total. The van der Waals surface area contributed by atoms with Gasteiger partial charge in [-0.2, -0.15) is 4.98 Å². The zero-order chi connectivity index (χ0) is 19.2. The number of hydrogen-bond donors (Lipinski definition) is 0. The van der Waals surface area contributed by atoms with Crippen LogP contribution in [0, 0.1) is 6.92 Å². The van der Waals surface area contributed by atoms with E-state index >= 15 is 0 Å². The average molecular weight is 383 g/mol. The Morgan fingerprint density at radius 2 is 2.04 bits per heavy atom. The summed E-state index contributed by atoms with van der Waals surface area (Å²) in [5.41, 5.74) is 1.67. The zero-order valence-corrected chi connectivity index (χ0v) is 16.3. The molecule has 1 heterocycles. The van der Waals surface area contributed by atoms with Gasteiger partial charge in [0.05, 0.1) is 18.4 Å². The summed E-state index contributed by atoms with van der Waals surface area (Å²) >= 11 is 1.52. The van der Waals surface area contributed by atoms with Gasteiger partial charge in [-0.15, -0.1) is 11.8 Å². The molecule has 0 saturated heterocycles. The van der Waals surface area contributed by atoms with E-state index in [9.17, 15) is 4.79 Å². The maximum absolute atomic E-state index is 13.0. The Bertz CT molecular complexity index is 926.